The van der Waals surface area contributed by atoms with Crippen molar-refractivity contribution in [2.24, 2.45) is 0 Å². The molecule has 4 nitrogen and oxygen atoms in total. The molecule has 0 fully saturated rings. The summed E-state index contributed by atoms with van der Waals surface area (Å²) >= 11 is 0. The van der Waals surface area contributed by atoms with E-state index in [4.69, 9.17) is 0 Å². The average Bonchev–Trinajstić information content (AvgIpc) is 2.82. The van der Waals surface area contributed by atoms with Gasteiger partial charge in [-0.1, -0.05) is 26.0 Å². The summed E-state index contributed by atoms with van der Waals surface area (Å²) in [7, 11) is 0. The largest absolute Gasteiger partial charge is 0.342 e. The molecule has 0 radical (unpaired) electrons. The molecule has 0 aromatic heterocycles. The minimum Gasteiger partial charge on any atom is -0.342 e. The van der Waals surface area contributed by atoms with Gasteiger partial charge in [-0.25, -0.2) is 0 Å². The van der Waals surface area contributed by atoms with Crippen molar-refractivity contribution in [1.29, 1.82) is 0 Å². The van der Waals surface area contributed by atoms with Crippen molar-refractivity contribution >= 4 is 11.7 Å². The van der Waals surface area contributed by atoms with E-state index in [1.54, 1.807) is 6.92 Å². The van der Waals surface area contributed by atoms with Crippen LogP contribution in [0, 0.1) is 0 Å². The monoisotopic (exact) mass is 344 g/mol. The van der Waals surface area contributed by atoms with Gasteiger partial charge in [0.05, 0.1) is 0 Å². The van der Waals surface area contributed by atoms with Crippen molar-refractivity contribution in [1.82, 2.24) is 9.80 Å². The van der Waals surface area contributed by atoms with Crippen LogP contribution in [0.1, 0.15) is 61.5 Å². The Balaban J connectivity index is 1.93. The van der Waals surface area contributed by atoms with Crippen molar-refractivity contribution in [3.05, 3.63) is 34.9 Å². The molecule has 2 rings (SSSR count). The summed E-state index contributed by atoms with van der Waals surface area (Å²) in [5, 5.41) is 0. The topological polar surface area (TPSA) is 40.6 Å². The van der Waals surface area contributed by atoms with Crippen molar-refractivity contribution in [2.75, 3.05) is 32.7 Å². The second kappa shape index (κ2) is 9.71. The van der Waals surface area contributed by atoms with E-state index in [9.17, 15) is 9.59 Å². The van der Waals surface area contributed by atoms with E-state index in [0.29, 0.717) is 6.42 Å². The maximum atomic E-state index is 12.5. The summed E-state index contributed by atoms with van der Waals surface area (Å²) in [5.74, 6) is 0.375. The summed E-state index contributed by atoms with van der Waals surface area (Å²) < 4.78 is 0. The van der Waals surface area contributed by atoms with Crippen molar-refractivity contribution in [3.63, 3.8) is 0 Å². The van der Waals surface area contributed by atoms with E-state index in [2.05, 4.69) is 30.9 Å². The lowest BCUT2D eigenvalue weighted by Gasteiger charge is -2.19. The SMILES string of the molecule is CCCN(CC)CCCC(=O)c1ccc2c(c1)CCN(C(C)=O)CC2. The zero-order chi connectivity index (χ0) is 18.2. The van der Waals surface area contributed by atoms with Crippen LogP contribution in [0.25, 0.3) is 0 Å². The number of hydrogen-bond acceptors (Lipinski definition) is 3. The van der Waals surface area contributed by atoms with Gasteiger partial charge in [0.1, 0.15) is 0 Å². The molecule has 1 heterocycles. The first kappa shape index (κ1) is 19.6. The zero-order valence-corrected chi connectivity index (χ0v) is 16.0. The second-order valence-electron chi connectivity index (χ2n) is 6.95. The van der Waals surface area contributed by atoms with Gasteiger partial charge in [0.2, 0.25) is 5.91 Å². The fourth-order valence-corrected chi connectivity index (χ4v) is 3.57. The number of nitrogens with zero attached hydrogens (tertiary/aromatic N) is 2. The Morgan fingerprint density at radius 3 is 2.44 bits per heavy atom. The van der Waals surface area contributed by atoms with Crippen LogP contribution in [0.15, 0.2) is 18.2 Å². The predicted octanol–water partition coefficient (Wildman–Crippen LogP) is 3.33. The Hall–Kier alpha value is -1.68. The zero-order valence-electron chi connectivity index (χ0n) is 16.0. The summed E-state index contributed by atoms with van der Waals surface area (Å²) in [6.45, 7) is 10.7. The van der Waals surface area contributed by atoms with Gasteiger partial charge in [0, 0.05) is 32.0 Å². The normalized spacial score (nSPS) is 14.3. The first-order valence-corrected chi connectivity index (χ1v) is 9.68. The number of fused-ring (bicyclic) bond motifs is 1. The standard InChI is InChI=1S/C21H32N2O2/c1-4-12-22(5-2)13-6-7-21(25)20-9-8-18-10-14-23(17(3)24)15-11-19(18)16-20/h8-9,16H,4-7,10-15H2,1-3H3. The fraction of sp³-hybridized carbons (Fsp3) is 0.619. The number of carbonyl (C=O) groups excluding carboxylic acids is 2. The molecule has 1 aromatic rings. The lowest BCUT2D eigenvalue weighted by Crippen LogP contribution is -2.30. The Bertz CT molecular complexity index is 598. The molecule has 0 atom stereocenters. The van der Waals surface area contributed by atoms with Crippen LogP contribution in [0.3, 0.4) is 0 Å². The molecular formula is C21H32N2O2. The predicted molar refractivity (Wildman–Crippen MR) is 102 cm³/mol. The number of rotatable bonds is 8. The molecule has 0 aliphatic carbocycles. The van der Waals surface area contributed by atoms with Crippen LogP contribution >= 0.6 is 0 Å². The molecular weight excluding hydrogens is 312 g/mol. The maximum absolute atomic E-state index is 12.5. The van der Waals surface area contributed by atoms with Crippen LogP contribution in [-0.4, -0.2) is 54.2 Å². The first-order chi connectivity index (χ1) is 12.0. The Labute approximate surface area is 152 Å². The third-order valence-corrected chi connectivity index (χ3v) is 5.14. The van der Waals surface area contributed by atoms with Crippen LogP contribution < -0.4 is 0 Å². The summed E-state index contributed by atoms with van der Waals surface area (Å²) in [6.07, 6.45) is 4.41. The third kappa shape index (κ3) is 5.67. The second-order valence-corrected chi connectivity index (χ2v) is 6.95. The number of hydrogen-bond donors (Lipinski definition) is 0. The van der Waals surface area contributed by atoms with Gasteiger partial charge >= 0.3 is 0 Å². The van der Waals surface area contributed by atoms with Gasteiger partial charge in [0.15, 0.2) is 5.78 Å². The van der Waals surface area contributed by atoms with E-state index >= 15 is 0 Å². The minimum absolute atomic E-state index is 0.136. The lowest BCUT2D eigenvalue weighted by molar-refractivity contribution is -0.128. The minimum atomic E-state index is 0.136. The highest BCUT2D eigenvalue weighted by molar-refractivity contribution is 5.96. The molecule has 1 aliphatic heterocycles. The molecule has 138 valence electrons. The van der Waals surface area contributed by atoms with Crippen LogP contribution in [-0.2, 0) is 17.6 Å². The van der Waals surface area contributed by atoms with Gasteiger partial charge in [-0.15, -0.1) is 0 Å². The van der Waals surface area contributed by atoms with Gasteiger partial charge in [-0.05, 0) is 62.5 Å². The third-order valence-electron chi connectivity index (χ3n) is 5.14. The maximum Gasteiger partial charge on any atom is 0.219 e. The average molecular weight is 344 g/mol. The molecule has 0 unspecified atom stereocenters. The molecule has 1 amide bonds. The fourth-order valence-electron chi connectivity index (χ4n) is 3.57. The number of Topliss-reactive ketones (excluding diaryl/α,β-unsaturated/α-hetero) is 1. The van der Waals surface area contributed by atoms with Crippen LogP contribution in [0.4, 0.5) is 0 Å². The molecule has 0 saturated heterocycles. The van der Waals surface area contributed by atoms with E-state index in [0.717, 1.165) is 64.0 Å². The van der Waals surface area contributed by atoms with Crippen molar-refractivity contribution in [3.8, 4) is 0 Å². The Morgan fingerprint density at radius 1 is 1.08 bits per heavy atom. The van der Waals surface area contributed by atoms with E-state index in [1.807, 2.05) is 11.0 Å². The highest BCUT2D eigenvalue weighted by Gasteiger charge is 2.17. The molecule has 1 aliphatic rings. The van der Waals surface area contributed by atoms with Crippen LogP contribution in [0.5, 0.6) is 0 Å². The van der Waals surface area contributed by atoms with Gasteiger partial charge < -0.3 is 9.80 Å². The molecule has 0 spiro atoms. The Kier molecular flexibility index (Phi) is 7.63. The van der Waals surface area contributed by atoms with Crippen LogP contribution in [0.2, 0.25) is 0 Å². The summed E-state index contributed by atoms with van der Waals surface area (Å²) in [5.41, 5.74) is 3.34. The van der Waals surface area contributed by atoms with Crippen molar-refractivity contribution in [2.45, 2.75) is 52.9 Å². The number of benzene rings is 1. The lowest BCUT2D eigenvalue weighted by atomic mass is 9.97. The molecule has 0 bridgehead atoms. The molecule has 0 saturated carbocycles. The van der Waals surface area contributed by atoms with Gasteiger partial charge in [-0.2, -0.15) is 0 Å². The molecule has 4 heteroatoms. The van der Waals surface area contributed by atoms with E-state index in [-0.39, 0.29) is 11.7 Å². The number of amides is 1. The number of ketones is 1. The van der Waals surface area contributed by atoms with E-state index < -0.39 is 0 Å². The molecule has 0 N–H and O–H groups in total. The number of carbonyl (C=O) groups is 2. The Morgan fingerprint density at radius 2 is 1.80 bits per heavy atom. The smallest absolute Gasteiger partial charge is 0.219 e. The highest BCUT2D eigenvalue weighted by atomic mass is 16.2. The quantitative estimate of drug-likeness (QED) is 0.679. The summed E-state index contributed by atoms with van der Waals surface area (Å²) in [4.78, 5) is 28.4. The van der Waals surface area contributed by atoms with Gasteiger partial charge in [-0.3, -0.25) is 9.59 Å². The molecule has 1 aromatic carbocycles. The van der Waals surface area contributed by atoms with E-state index in [1.165, 1.54) is 11.1 Å². The molecule has 25 heavy (non-hydrogen) atoms. The van der Waals surface area contributed by atoms with Gasteiger partial charge in [0.25, 0.3) is 0 Å². The first-order valence-electron chi connectivity index (χ1n) is 9.68. The van der Waals surface area contributed by atoms with Crippen molar-refractivity contribution < 1.29 is 9.59 Å². The highest BCUT2D eigenvalue weighted by Crippen LogP contribution is 2.19. The summed E-state index contributed by atoms with van der Waals surface area (Å²) in [6, 6.07) is 6.11.